The third kappa shape index (κ3) is 11.0. The summed E-state index contributed by atoms with van der Waals surface area (Å²) in [5, 5.41) is 6.37. The van der Waals surface area contributed by atoms with E-state index in [4.69, 9.17) is 0 Å². The normalized spacial score (nSPS) is 14.6. The quantitative estimate of drug-likeness (QED) is 0.503. The molecule has 0 aromatic rings. The lowest BCUT2D eigenvalue weighted by atomic mass is 10.1. The van der Waals surface area contributed by atoms with Crippen molar-refractivity contribution < 1.29 is 4.79 Å². The maximum absolute atomic E-state index is 11.5. The van der Waals surface area contributed by atoms with Crippen molar-refractivity contribution in [3.8, 4) is 0 Å². The summed E-state index contributed by atoms with van der Waals surface area (Å²) in [7, 11) is 0. The molecule has 0 bridgehead atoms. The van der Waals surface area contributed by atoms with E-state index in [9.17, 15) is 4.79 Å². The van der Waals surface area contributed by atoms with Crippen molar-refractivity contribution in [2.24, 2.45) is 0 Å². The van der Waals surface area contributed by atoms with E-state index in [0.29, 0.717) is 12.5 Å². The zero-order chi connectivity index (χ0) is 13.8. The van der Waals surface area contributed by atoms with Gasteiger partial charge < -0.3 is 10.6 Å². The first kappa shape index (κ1) is 16.5. The maximum atomic E-state index is 11.5. The third-order valence-electron chi connectivity index (χ3n) is 3.71. The monoisotopic (exact) mass is 268 g/mol. The van der Waals surface area contributed by atoms with Gasteiger partial charge in [-0.3, -0.25) is 4.79 Å². The zero-order valence-corrected chi connectivity index (χ0v) is 12.7. The molecule has 3 heteroatoms. The standard InChI is InChI=1S/C16H32N2O/c1-2-3-4-5-6-7-8-9-13-18-16(19)12-14-17-15-10-11-15/h15,17H,2-14H2,1H3,(H,18,19). The minimum absolute atomic E-state index is 0.205. The first-order chi connectivity index (χ1) is 9.33. The molecule has 1 aliphatic carbocycles. The molecule has 112 valence electrons. The van der Waals surface area contributed by atoms with E-state index < -0.39 is 0 Å². The maximum Gasteiger partial charge on any atom is 0.221 e. The summed E-state index contributed by atoms with van der Waals surface area (Å²) < 4.78 is 0. The summed E-state index contributed by atoms with van der Waals surface area (Å²) in [5.41, 5.74) is 0. The molecule has 0 unspecified atom stereocenters. The predicted molar refractivity (Wildman–Crippen MR) is 81.3 cm³/mol. The summed E-state index contributed by atoms with van der Waals surface area (Å²) >= 11 is 0. The first-order valence-electron chi connectivity index (χ1n) is 8.33. The number of unbranched alkanes of at least 4 members (excludes halogenated alkanes) is 7. The Balaban J connectivity index is 1.72. The summed E-state index contributed by atoms with van der Waals surface area (Å²) in [5.74, 6) is 0.205. The van der Waals surface area contributed by atoms with Crippen molar-refractivity contribution in [2.45, 2.75) is 83.6 Å². The number of amides is 1. The van der Waals surface area contributed by atoms with Crippen molar-refractivity contribution in [1.29, 1.82) is 0 Å². The van der Waals surface area contributed by atoms with Gasteiger partial charge in [0.25, 0.3) is 0 Å². The van der Waals surface area contributed by atoms with Gasteiger partial charge in [-0.15, -0.1) is 0 Å². The van der Waals surface area contributed by atoms with Gasteiger partial charge >= 0.3 is 0 Å². The number of hydrogen-bond donors (Lipinski definition) is 2. The molecule has 1 aliphatic rings. The van der Waals surface area contributed by atoms with E-state index in [1.807, 2.05) is 0 Å². The number of carbonyl (C=O) groups excluding carboxylic acids is 1. The first-order valence-corrected chi connectivity index (χ1v) is 8.33. The van der Waals surface area contributed by atoms with Gasteiger partial charge in [0.15, 0.2) is 0 Å². The average molecular weight is 268 g/mol. The number of carbonyl (C=O) groups is 1. The molecule has 0 aromatic heterocycles. The van der Waals surface area contributed by atoms with Crippen LogP contribution in [0.15, 0.2) is 0 Å². The summed E-state index contributed by atoms with van der Waals surface area (Å²) in [6.45, 7) is 3.95. The Morgan fingerprint density at radius 1 is 0.947 bits per heavy atom. The molecule has 0 aromatic carbocycles. The van der Waals surface area contributed by atoms with E-state index in [-0.39, 0.29) is 5.91 Å². The van der Waals surface area contributed by atoms with E-state index in [1.165, 1.54) is 57.8 Å². The highest BCUT2D eigenvalue weighted by atomic mass is 16.1. The van der Waals surface area contributed by atoms with Crippen LogP contribution in [0, 0.1) is 0 Å². The van der Waals surface area contributed by atoms with Crippen molar-refractivity contribution in [2.75, 3.05) is 13.1 Å². The van der Waals surface area contributed by atoms with Crippen molar-refractivity contribution in [3.05, 3.63) is 0 Å². The molecule has 0 aliphatic heterocycles. The fraction of sp³-hybridized carbons (Fsp3) is 0.938. The van der Waals surface area contributed by atoms with E-state index in [2.05, 4.69) is 17.6 Å². The lowest BCUT2D eigenvalue weighted by Gasteiger charge is -2.06. The molecule has 1 rings (SSSR count). The molecular weight excluding hydrogens is 236 g/mol. The minimum atomic E-state index is 0.205. The van der Waals surface area contributed by atoms with Crippen molar-refractivity contribution >= 4 is 5.91 Å². The average Bonchev–Trinajstić information content (AvgIpc) is 3.21. The molecule has 0 spiro atoms. The fourth-order valence-electron chi connectivity index (χ4n) is 2.25. The zero-order valence-electron chi connectivity index (χ0n) is 12.7. The minimum Gasteiger partial charge on any atom is -0.356 e. The fourth-order valence-corrected chi connectivity index (χ4v) is 2.25. The molecule has 1 amide bonds. The van der Waals surface area contributed by atoms with Crippen LogP contribution in [-0.2, 0) is 4.79 Å². The molecule has 0 radical (unpaired) electrons. The van der Waals surface area contributed by atoms with Crippen LogP contribution in [0.5, 0.6) is 0 Å². The predicted octanol–water partition coefficient (Wildman–Crippen LogP) is 3.39. The third-order valence-corrected chi connectivity index (χ3v) is 3.71. The number of nitrogens with one attached hydrogen (secondary N) is 2. The largest absolute Gasteiger partial charge is 0.356 e. The van der Waals surface area contributed by atoms with Crippen LogP contribution < -0.4 is 10.6 Å². The van der Waals surface area contributed by atoms with Crippen LogP contribution in [0.3, 0.4) is 0 Å². The summed E-state index contributed by atoms with van der Waals surface area (Å²) in [6, 6.07) is 0.709. The molecule has 0 saturated heterocycles. The SMILES string of the molecule is CCCCCCCCCCNC(=O)CCNC1CC1. The molecule has 1 saturated carbocycles. The van der Waals surface area contributed by atoms with E-state index >= 15 is 0 Å². The van der Waals surface area contributed by atoms with Gasteiger partial charge in [0.2, 0.25) is 5.91 Å². The van der Waals surface area contributed by atoms with Gasteiger partial charge in [0, 0.05) is 25.6 Å². The number of rotatable bonds is 13. The Morgan fingerprint density at radius 3 is 2.21 bits per heavy atom. The molecule has 19 heavy (non-hydrogen) atoms. The highest BCUT2D eigenvalue weighted by Gasteiger charge is 2.19. The highest BCUT2D eigenvalue weighted by Crippen LogP contribution is 2.18. The van der Waals surface area contributed by atoms with Crippen LogP contribution in [-0.4, -0.2) is 25.0 Å². The van der Waals surface area contributed by atoms with E-state index in [1.54, 1.807) is 0 Å². The van der Waals surface area contributed by atoms with Crippen LogP contribution in [0.25, 0.3) is 0 Å². The number of hydrogen-bond acceptors (Lipinski definition) is 2. The van der Waals surface area contributed by atoms with Crippen LogP contribution in [0.1, 0.15) is 77.6 Å². The second-order valence-electron chi connectivity index (χ2n) is 5.80. The summed E-state index contributed by atoms with van der Waals surface area (Å²) in [6.07, 6.45) is 13.8. The Hall–Kier alpha value is -0.570. The van der Waals surface area contributed by atoms with Crippen molar-refractivity contribution in [3.63, 3.8) is 0 Å². The van der Waals surface area contributed by atoms with Crippen molar-refractivity contribution in [1.82, 2.24) is 10.6 Å². The van der Waals surface area contributed by atoms with Crippen LogP contribution in [0.2, 0.25) is 0 Å². The molecular formula is C16H32N2O. The summed E-state index contributed by atoms with van der Waals surface area (Å²) in [4.78, 5) is 11.5. The molecule has 0 heterocycles. The molecule has 2 N–H and O–H groups in total. The molecule has 1 fully saturated rings. The van der Waals surface area contributed by atoms with E-state index in [0.717, 1.165) is 19.5 Å². The van der Waals surface area contributed by atoms with Gasteiger partial charge in [0.05, 0.1) is 0 Å². The van der Waals surface area contributed by atoms with Gasteiger partial charge in [-0.1, -0.05) is 51.9 Å². The highest BCUT2D eigenvalue weighted by molar-refractivity contribution is 5.75. The second-order valence-corrected chi connectivity index (χ2v) is 5.80. The molecule has 3 nitrogen and oxygen atoms in total. The molecule has 0 atom stereocenters. The lowest BCUT2D eigenvalue weighted by molar-refractivity contribution is -0.121. The Morgan fingerprint density at radius 2 is 1.58 bits per heavy atom. The topological polar surface area (TPSA) is 41.1 Å². The Bertz CT molecular complexity index is 227. The smallest absolute Gasteiger partial charge is 0.221 e. The van der Waals surface area contributed by atoms with Crippen LogP contribution >= 0.6 is 0 Å². The van der Waals surface area contributed by atoms with Gasteiger partial charge in [-0.25, -0.2) is 0 Å². The van der Waals surface area contributed by atoms with Gasteiger partial charge in [-0.05, 0) is 19.3 Å². The Labute approximate surface area is 118 Å². The Kier molecular flexibility index (Phi) is 9.78. The van der Waals surface area contributed by atoms with Gasteiger partial charge in [-0.2, -0.15) is 0 Å². The van der Waals surface area contributed by atoms with Gasteiger partial charge in [0.1, 0.15) is 0 Å². The lowest BCUT2D eigenvalue weighted by Crippen LogP contribution is -2.29. The van der Waals surface area contributed by atoms with Crippen LogP contribution in [0.4, 0.5) is 0 Å². The second kappa shape index (κ2) is 11.3.